The van der Waals surface area contributed by atoms with Crippen LogP contribution in [0.3, 0.4) is 0 Å². The molecule has 20 heavy (non-hydrogen) atoms. The van der Waals surface area contributed by atoms with Gasteiger partial charge in [0.25, 0.3) is 0 Å². The summed E-state index contributed by atoms with van der Waals surface area (Å²) >= 11 is 0. The van der Waals surface area contributed by atoms with Crippen LogP contribution in [-0.2, 0) is 4.74 Å². The maximum absolute atomic E-state index is 5.98. The zero-order chi connectivity index (χ0) is 15.0. The van der Waals surface area contributed by atoms with Gasteiger partial charge >= 0.3 is 0 Å². The van der Waals surface area contributed by atoms with Crippen molar-refractivity contribution in [2.24, 2.45) is 0 Å². The van der Waals surface area contributed by atoms with Crippen LogP contribution in [0.4, 0.5) is 0 Å². The van der Waals surface area contributed by atoms with E-state index in [9.17, 15) is 0 Å². The lowest BCUT2D eigenvalue weighted by atomic mass is 10.1. The van der Waals surface area contributed by atoms with E-state index in [1.54, 1.807) is 14.2 Å². The van der Waals surface area contributed by atoms with E-state index in [2.05, 4.69) is 19.2 Å². The van der Waals surface area contributed by atoms with Gasteiger partial charge in [0.15, 0.2) is 0 Å². The van der Waals surface area contributed by atoms with E-state index >= 15 is 0 Å². The smallest absolute Gasteiger partial charge is 0.128 e. The number of ether oxygens (including phenoxy) is 3. The summed E-state index contributed by atoms with van der Waals surface area (Å²) < 4.78 is 16.6. The van der Waals surface area contributed by atoms with Crippen molar-refractivity contribution in [3.8, 4) is 11.5 Å². The number of hydrogen-bond donors (Lipinski definition) is 1. The fourth-order valence-corrected chi connectivity index (χ4v) is 2.18. The average molecular weight is 281 g/mol. The van der Waals surface area contributed by atoms with Gasteiger partial charge in [-0.2, -0.15) is 0 Å². The standard InChI is InChI=1S/C16H27NO3/c1-6-10-17-13(3)16-14(19-5)8-7-9-15(16)20-12(2)11-18-4/h7-9,12-13,17H,6,10-11H2,1-5H3. The molecule has 0 saturated carbocycles. The third-order valence-electron chi connectivity index (χ3n) is 3.11. The van der Waals surface area contributed by atoms with E-state index in [1.165, 1.54) is 0 Å². The molecule has 0 aliphatic heterocycles. The Labute approximate surface area is 122 Å². The number of benzene rings is 1. The summed E-state index contributed by atoms with van der Waals surface area (Å²) in [7, 11) is 3.37. The molecule has 1 rings (SSSR count). The quantitative estimate of drug-likeness (QED) is 0.754. The molecule has 0 heterocycles. The van der Waals surface area contributed by atoms with Crippen molar-refractivity contribution in [2.45, 2.75) is 39.3 Å². The topological polar surface area (TPSA) is 39.7 Å². The Morgan fingerprint density at radius 3 is 2.45 bits per heavy atom. The van der Waals surface area contributed by atoms with Crippen molar-refractivity contribution in [3.63, 3.8) is 0 Å². The van der Waals surface area contributed by atoms with E-state index in [0.717, 1.165) is 30.0 Å². The summed E-state index contributed by atoms with van der Waals surface area (Å²) in [6, 6.07) is 6.07. The van der Waals surface area contributed by atoms with Crippen molar-refractivity contribution >= 4 is 0 Å². The van der Waals surface area contributed by atoms with Crippen molar-refractivity contribution < 1.29 is 14.2 Å². The van der Waals surface area contributed by atoms with Gasteiger partial charge in [0, 0.05) is 13.2 Å². The minimum atomic E-state index is 0.00392. The highest BCUT2D eigenvalue weighted by molar-refractivity contribution is 5.46. The minimum Gasteiger partial charge on any atom is -0.496 e. The Morgan fingerprint density at radius 2 is 1.85 bits per heavy atom. The highest BCUT2D eigenvalue weighted by atomic mass is 16.5. The fraction of sp³-hybridized carbons (Fsp3) is 0.625. The predicted molar refractivity (Wildman–Crippen MR) is 81.7 cm³/mol. The molecular weight excluding hydrogens is 254 g/mol. The summed E-state index contributed by atoms with van der Waals surface area (Å²) in [5.41, 5.74) is 1.06. The molecule has 1 N–H and O–H groups in total. The second-order valence-electron chi connectivity index (χ2n) is 4.93. The van der Waals surface area contributed by atoms with Crippen LogP contribution in [0.2, 0.25) is 0 Å². The first-order valence-corrected chi connectivity index (χ1v) is 7.19. The minimum absolute atomic E-state index is 0.00392. The van der Waals surface area contributed by atoms with E-state index in [0.29, 0.717) is 6.61 Å². The van der Waals surface area contributed by atoms with Crippen LogP contribution < -0.4 is 14.8 Å². The van der Waals surface area contributed by atoms with Gasteiger partial charge < -0.3 is 19.5 Å². The van der Waals surface area contributed by atoms with Crippen molar-refractivity contribution in [1.29, 1.82) is 0 Å². The third-order valence-corrected chi connectivity index (χ3v) is 3.11. The summed E-state index contributed by atoms with van der Waals surface area (Å²) in [6.45, 7) is 7.80. The third kappa shape index (κ3) is 4.69. The first-order chi connectivity index (χ1) is 9.63. The lowest BCUT2D eigenvalue weighted by molar-refractivity contribution is 0.0908. The van der Waals surface area contributed by atoms with Gasteiger partial charge in [-0.25, -0.2) is 0 Å². The maximum atomic E-state index is 5.98. The molecule has 0 fully saturated rings. The Balaban J connectivity index is 2.97. The molecule has 0 spiro atoms. The van der Waals surface area contributed by atoms with Gasteiger partial charge in [-0.05, 0) is 38.9 Å². The highest BCUT2D eigenvalue weighted by Crippen LogP contribution is 2.34. The molecule has 0 amide bonds. The van der Waals surface area contributed by atoms with Gasteiger partial charge in [0.1, 0.15) is 17.6 Å². The Morgan fingerprint density at radius 1 is 1.15 bits per heavy atom. The second kappa shape index (κ2) is 8.82. The molecular formula is C16H27NO3. The van der Waals surface area contributed by atoms with Crippen LogP contribution in [-0.4, -0.2) is 33.5 Å². The predicted octanol–water partition coefficient (Wildman–Crippen LogP) is 3.17. The number of nitrogens with one attached hydrogen (secondary N) is 1. The molecule has 4 nitrogen and oxygen atoms in total. The molecule has 0 radical (unpaired) electrons. The van der Waals surface area contributed by atoms with E-state index in [1.807, 2.05) is 25.1 Å². The lowest BCUT2D eigenvalue weighted by Gasteiger charge is -2.23. The number of methoxy groups -OCH3 is 2. The van der Waals surface area contributed by atoms with Crippen LogP contribution in [0.15, 0.2) is 18.2 Å². The first kappa shape index (κ1) is 16.8. The van der Waals surface area contributed by atoms with Crippen LogP contribution in [0, 0.1) is 0 Å². The van der Waals surface area contributed by atoms with Crippen molar-refractivity contribution in [1.82, 2.24) is 5.32 Å². The summed E-state index contributed by atoms with van der Waals surface area (Å²) in [4.78, 5) is 0. The zero-order valence-corrected chi connectivity index (χ0v) is 13.2. The van der Waals surface area contributed by atoms with Gasteiger partial charge in [0.05, 0.1) is 19.3 Å². The van der Waals surface area contributed by atoms with Crippen LogP contribution in [0.1, 0.15) is 38.8 Å². The molecule has 0 bridgehead atoms. The van der Waals surface area contributed by atoms with Crippen LogP contribution in [0.25, 0.3) is 0 Å². The molecule has 1 aromatic carbocycles. The van der Waals surface area contributed by atoms with Gasteiger partial charge in [-0.1, -0.05) is 13.0 Å². The maximum Gasteiger partial charge on any atom is 0.128 e. The molecule has 2 atom stereocenters. The van der Waals surface area contributed by atoms with Crippen LogP contribution >= 0.6 is 0 Å². The van der Waals surface area contributed by atoms with Gasteiger partial charge in [-0.3, -0.25) is 0 Å². The van der Waals surface area contributed by atoms with Crippen molar-refractivity contribution in [2.75, 3.05) is 27.4 Å². The Bertz CT molecular complexity index is 395. The number of hydrogen-bond acceptors (Lipinski definition) is 4. The highest BCUT2D eigenvalue weighted by Gasteiger charge is 2.18. The van der Waals surface area contributed by atoms with Gasteiger partial charge in [0.2, 0.25) is 0 Å². The molecule has 1 aromatic rings. The average Bonchev–Trinajstić information content (AvgIpc) is 2.44. The second-order valence-corrected chi connectivity index (χ2v) is 4.93. The van der Waals surface area contributed by atoms with E-state index in [4.69, 9.17) is 14.2 Å². The summed E-state index contributed by atoms with van der Waals surface area (Å²) in [5, 5.41) is 3.48. The molecule has 0 saturated heterocycles. The molecule has 4 heteroatoms. The number of rotatable bonds is 9. The zero-order valence-electron chi connectivity index (χ0n) is 13.2. The largest absolute Gasteiger partial charge is 0.496 e. The monoisotopic (exact) mass is 281 g/mol. The molecule has 0 aliphatic rings. The first-order valence-electron chi connectivity index (χ1n) is 7.19. The van der Waals surface area contributed by atoms with E-state index in [-0.39, 0.29) is 12.1 Å². The van der Waals surface area contributed by atoms with Crippen LogP contribution in [0.5, 0.6) is 11.5 Å². The summed E-state index contributed by atoms with van der Waals surface area (Å²) in [6.07, 6.45) is 1.10. The van der Waals surface area contributed by atoms with Crippen molar-refractivity contribution in [3.05, 3.63) is 23.8 Å². The Hall–Kier alpha value is -1.26. The Kier molecular flexibility index (Phi) is 7.41. The lowest BCUT2D eigenvalue weighted by Crippen LogP contribution is -2.23. The molecule has 2 unspecified atom stereocenters. The van der Waals surface area contributed by atoms with E-state index < -0.39 is 0 Å². The molecule has 114 valence electrons. The fourth-order valence-electron chi connectivity index (χ4n) is 2.18. The molecule has 0 aliphatic carbocycles. The normalized spacial score (nSPS) is 13.8. The van der Waals surface area contributed by atoms with Gasteiger partial charge in [-0.15, -0.1) is 0 Å². The molecule has 0 aromatic heterocycles. The SMILES string of the molecule is CCCNC(C)c1c(OC)cccc1OC(C)COC. The summed E-state index contributed by atoms with van der Waals surface area (Å²) in [5.74, 6) is 1.70.